The van der Waals surface area contributed by atoms with E-state index in [1.807, 2.05) is 6.92 Å². The minimum Gasteiger partial charge on any atom is -0.491 e. The first-order valence-corrected chi connectivity index (χ1v) is 15.7. The van der Waals surface area contributed by atoms with Crippen molar-refractivity contribution >= 4 is 10.8 Å². The lowest BCUT2D eigenvalue weighted by atomic mass is 9.67. The van der Waals surface area contributed by atoms with Crippen LogP contribution in [-0.2, 0) is 24.4 Å². The summed E-state index contributed by atoms with van der Waals surface area (Å²) in [4.78, 5) is 0. The van der Waals surface area contributed by atoms with Gasteiger partial charge in [-0.25, -0.2) is 0 Å². The molecule has 0 spiro atoms. The van der Waals surface area contributed by atoms with Crippen LogP contribution in [0.4, 0.5) is 0 Å². The summed E-state index contributed by atoms with van der Waals surface area (Å²) >= 11 is 0. The van der Waals surface area contributed by atoms with Crippen LogP contribution in [0.5, 0.6) is 11.5 Å². The molecule has 1 aliphatic carbocycles. The Balaban J connectivity index is 1.24. The Morgan fingerprint density at radius 2 is 1.22 bits per heavy atom. The van der Waals surface area contributed by atoms with Crippen LogP contribution in [0.3, 0.4) is 0 Å². The average Bonchev–Trinajstić information content (AvgIpc) is 3.87. The van der Waals surface area contributed by atoms with Crippen LogP contribution >= 0.6 is 0 Å². The van der Waals surface area contributed by atoms with Gasteiger partial charge < -0.3 is 28.4 Å². The van der Waals surface area contributed by atoms with Crippen molar-refractivity contribution < 1.29 is 28.4 Å². The summed E-state index contributed by atoms with van der Waals surface area (Å²) < 4.78 is 33.6. The van der Waals surface area contributed by atoms with Crippen LogP contribution in [-0.4, -0.2) is 59.1 Å². The molecule has 1 fully saturated rings. The van der Waals surface area contributed by atoms with Crippen molar-refractivity contribution in [1.82, 2.24) is 0 Å². The van der Waals surface area contributed by atoms with Crippen LogP contribution in [0.25, 0.3) is 21.9 Å². The predicted molar refractivity (Wildman–Crippen MR) is 175 cm³/mol. The molecule has 1 saturated heterocycles. The van der Waals surface area contributed by atoms with Crippen molar-refractivity contribution in [3.05, 3.63) is 131 Å². The molecule has 0 N–H and O–H groups in total. The maximum absolute atomic E-state index is 6.04. The lowest BCUT2D eigenvalue weighted by Crippen LogP contribution is -2.28. The highest BCUT2D eigenvalue weighted by atomic mass is 16.7. The van der Waals surface area contributed by atoms with E-state index in [1.54, 1.807) is 0 Å². The molecule has 0 amide bonds. The van der Waals surface area contributed by atoms with Crippen LogP contribution < -0.4 is 9.47 Å². The van der Waals surface area contributed by atoms with E-state index >= 15 is 0 Å². The SMILES string of the molecule is CCOCOCCOc1ccc(C2(c3ccc(OCCOCC4CO4)cc3)c3ccccc3-c3cc4ccccc4cc32)cc1. The van der Waals surface area contributed by atoms with Crippen LogP contribution in [0.1, 0.15) is 29.2 Å². The molecule has 5 aromatic rings. The molecule has 2 aliphatic rings. The summed E-state index contributed by atoms with van der Waals surface area (Å²) in [5.41, 5.74) is 6.86. The molecule has 2 unspecified atom stereocenters. The molecule has 1 aliphatic heterocycles. The molecule has 0 radical (unpaired) electrons. The van der Waals surface area contributed by atoms with Gasteiger partial charge in [0.15, 0.2) is 0 Å². The largest absolute Gasteiger partial charge is 0.491 e. The second-order valence-corrected chi connectivity index (χ2v) is 11.3. The van der Waals surface area contributed by atoms with Gasteiger partial charge in [0.25, 0.3) is 0 Å². The van der Waals surface area contributed by atoms with E-state index in [1.165, 1.54) is 44.2 Å². The Bertz CT molecular complexity index is 1730. The summed E-state index contributed by atoms with van der Waals surface area (Å²) in [7, 11) is 0. The van der Waals surface area contributed by atoms with E-state index in [4.69, 9.17) is 28.4 Å². The minimum absolute atomic E-state index is 0.259. The summed E-state index contributed by atoms with van der Waals surface area (Å²) in [6.45, 7) is 6.24. The van der Waals surface area contributed by atoms with Gasteiger partial charge in [-0.05, 0) is 87.5 Å². The number of rotatable bonds is 15. The first kappa shape index (κ1) is 29.5. The standard InChI is InChI=1S/C39H38O6/c1-2-40-27-42-20-22-44-33-17-13-31(14-18-33)39(30-11-15-32(16-12-30)43-21-19-41-25-34-26-45-34)37-10-6-5-9-35(37)36-23-28-7-3-4-8-29(28)24-38(36)39/h3-18,23-24,34H,2,19-22,25-27H2,1H3. The highest BCUT2D eigenvalue weighted by molar-refractivity contribution is 5.95. The quantitative estimate of drug-likeness (QED) is 0.0694. The molecule has 45 heavy (non-hydrogen) atoms. The van der Waals surface area contributed by atoms with Crippen molar-refractivity contribution in [2.45, 2.75) is 18.4 Å². The second kappa shape index (κ2) is 13.4. The zero-order chi connectivity index (χ0) is 30.5. The number of epoxide rings is 1. The van der Waals surface area contributed by atoms with Crippen molar-refractivity contribution in [1.29, 1.82) is 0 Å². The molecule has 0 saturated carbocycles. The molecule has 1 heterocycles. The third-order valence-corrected chi connectivity index (χ3v) is 8.56. The fourth-order valence-electron chi connectivity index (χ4n) is 6.37. The molecule has 0 bridgehead atoms. The average molecular weight is 603 g/mol. The van der Waals surface area contributed by atoms with Crippen molar-refractivity contribution in [3.8, 4) is 22.6 Å². The van der Waals surface area contributed by atoms with Crippen LogP contribution in [0, 0.1) is 0 Å². The molecule has 5 aromatic carbocycles. The Morgan fingerprint density at radius 3 is 1.87 bits per heavy atom. The van der Waals surface area contributed by atoms with Gasteiger partial charge in [-0.2, -0.15) is 0 Å². The molecular weight excluding hydrogens is 564 g/mol. The van der Waals surface area contributed by atoms with Gasteiger partial charge in [0.05, 0.1) is 31.8 Å². The molecule has 7 rings (SSSR count). The van der Waals surface area contributed by atoms with E-state index in [0.29, 0.717) is 39.6 Å². The van der Waals surface area contributed by atoms with Crippen LogP contribution in [0.15, 0.2) is 109 Å². The molecule has 6 nitrogen and oxygen atoms in total. The van der Waals surface area contributed by atoms with E-state index < -0.39 is 5.41 Å². The second-order valence-electron chi connectivity index (χ2n) is 11.3. The zero-order valence-electron chi connectivity index (χ0n) is 25.6. The maximum atomic E-state index is 6.04. The zero-order valence-corrected chi connectivity index (χ0v) is 25.6. The monoisotopic (exact) mass is 602 g/mol. The fourth-order valence-corrected chi connectivity index (χ4v) is 6.37. The summed E-state index contributed by atoms with van der Waals surface area (Å²) in [5, 5.41) is 2.45. The minimum atomic E-state index is -0.527. The maximum Gasteiger partial charge on any atom is 0.146 e. The van der Waals surface area contributed by atoms with Crippen molar-refractivity contribution in [2.24, 2.45) is 0 Å². The Kier molecular flexibility index (Phi) is 8.80. The van der Waals surface area contributed by atoms with E-state index in [9.17, 15) is 0 Å². The number of fused-ring (bicyclic) bond motifs is 4. The number of hydrogen-bond acceptors (Lipinski definition) is 6. The van der Waals surface area contributed by atoms with E-state index in [0.717, 1.165) is 18.1 Å². The first-order valence-electron chi connectivity index (χ1n) is 15.7. The van der Waals surface area contributed by atoms with Crippen LogP contribution in [0.2, 0.25) is 0 Å². The van der Waals surface area contributed by atoms with E-state index in [-0.39, 0.29) is 12.9 Å². The smallest absolute Gasteiger partial charge is 0.146 e. The number of hydrogen-bond donors (Lipinski definition) is 0. The Labute approximate surface area is 264 Å². The summed E-state index contributed by atoms with van der Waals surface area (Å²) in [6.07, 6.45) is 0.259. The third kappa shape index (κ3) is 6.07. The highest BCUT2D eigenvalue weighted by Crippen LogP contribution is 2.57. The number of ether oxygens (including phenoxy) is 6. The van der Waals surface area contributed by atoms with Gasteiger partial charge in [-0.15, -0.1) is 0 Å². The Hall–Kier alpha value is -4.20. The molecule has 2 atom stereocenters. The predicted octanol–water partition coefficient (Wildman–Crippen LogP) is 7.39. The lowest BCUT2D eigenvalue weighted by Gasteiger charge is -2.34. The topological polar surface area (TPSA) is 58.7 Å². The lowest BCUT2D eigenvalue weighted by molar-refractivity contribution is -0.0561. The fraction of sp³-hybridized carbons (Fsp3) is 0.282. The van der Waals surface area contributed by atoms with Crippen molar-refractivity contribution in [2.75, 3.05) is 53.0 Å². The van der Waals surface area contributed by atoms with Gasteiger partial charge in [0.1, 0.15) is 37.6 Å². The third-order valence-electron chi connectivity index (χ3n) is 8.56. The van der Waals surface area contributed by atoms with Gasteiger partial charge in [0, 0.05) is 6.61 Å². The summed E-state index contributed by atoms with van der Waals surface area (Å²) in [5.74, 6) is 1.62. The molecule has 230 valence electrons. The Morgan fingerprint density at radius 1 is 0.622 bits per heavy atom. The molecular formula is C39H38O6. The van der Waals surface area contributed by atoms with Gasteiger partial charge in [-0.3, -0.25) is 0 Å². The normalized spacial score (nSPS) is 18.0. The first-order chi connectivity index (χ1) is 22.3. The molecule has 6 heteroatoms. The van der Waals surface area contributed by atoms with Crippen molar-refractivity contribution in [3.63, 3.8) is 0 Å². The number of benzene rings is 5. The molecule has 0 aromatic heterocycles. The van der Waals surface area contributed by atoms with Gasteiger partial charge >= 0.3 is 0 Å². The van der Waals surface area contributed by atoms with E-state index in [2.05, 4.69) is 109 Å². The van der Waals surface area contributed by atoms with Gasteiger partial charge in [-0.1, -0.05) is 72.8 Å². The van der Waals surface area contributed by atoms with Gasteiger partial charge in [0.2, 0.25) is 0 Å². The highest BCUT2D eigenvalue weighted by Gasteiger charge is 2.46. The summed E-state index contributed by atoms with van der Waals surface area (Å²) in [6, 6.07) is 39.2.